The second-order valence-electron chi connectivity index (χ2n) is 6.06. The predicted molar refractivity (Wildman–Crippen MR) is 96.6 cm³/mol. The number of nitrogens with zero attached hydrogens (tertiary/aromatic N) is 2. The summed E-state index contributed by atoms with van der Waals surface area (Å²) >= 11 is 0. The van der Waals surface area contributed by atoms with E-state index in [2.05, 4.69) is 10.4 Å². The lowest BCUT2D eigenvalue weighted by Gasteiger charge is -2.08. The Bertz CT molecular complexity index is 947. The van der Waals surface area contributed by atoms with Crippen LogP contribution in [0.3, 0.4) is 0 Å². The van der Waals surface area contributed by atoms with Gasteiger partial charge in [-0.1, -0.05) is 12.1 Å². The minimum Gasteiger partial charge on any atom is -0.452 e. The number of anilines is 1. The Morgan fingerprint density at radius 1 is 1.27 bits per heavy atom. The zero-order valence-electron chi connectivity index (χ0n) is 15.1. The van der Waals surface area contributed by atoms with Gasteiger partial charge in [0, 0.05) is 13.3 Å². The number of benzene rings is 1. The SMILES string of the molecule is Cc1nn(C)c(C)c1NC(=O)COC(=O)c1cccc(CS(C)(=O)=O)c1. The van der Waals surface area contributed by atoms with Crippen molar-refractivity contribution in [2.75, 3.05) is 18.2 Å². The summed E-state index contributed by atoms with van der Waals surface area (Å²) in [5.74, 6) is -1.35. The number of nitrogens with one attached hydrogen (secondary N) is 1. The Balaban J connectivity index is 1.98. The molecule has 0 fully saturated rings. The highest BCUT2D eigenvalue weighted by atomic mass is 32.2. The van der Waals surface area contributed by atoms with E-state index in [-0.39, 0.29) is 11.3 Å². The third-order valence-electron chi connectivity index (χ3n) is 3.70. The molecule has 26 heavy (non-hydrogen) atoms. The largest absolute Gasteiger partial charge is 0.452 e. The summed E-state index contributed by atoms with van der Waals surface area (Å²) < 4.78 is 29.4. The topological polar surface area (TPSA) is 107 Å². The van der Waals surface area contributed by atoms with Crippen molar-refractivity contribution >= 4 is 27.4 Å². The van der Waals surface area contributed by atoms with Crippen LogP contribution >= 0.6 is 0 Å². The Kier molecular flexibility index (Phi) is 5.81. The van der Waals surface area contributed by atoms with Gasteiger partial charge in [0.05, 0.1) is 28.4 Å². The van der Waals surface area contributed by atoms with Crippen molar-refractivity contribution in [2.45, 2.75) is 19.6 Å². The number of hydrogen-bond donors (Lipinski definition) is 1. The Labute approximate surface area is 152 Å². The molecule has 2 aromatic rings. The summed E-state index contributed by atoms with van der Waals surface area (Å²) in [5.41, 5.74) is 2.71. The summed E-state index contributed by atoms with van der Waals surface area (Å²) in [6.07, 6.45) is 1.12. The van der Waals surface area contributed by atoms with Crippen molar-refractivity contribution in [2.24, 2.45) is 7.05 Å². The highest BCUT2D eigenvalue weighted by Gasteiger charge is 2.15. The molecular weight excluding hydrogens is 358 g/mol. The van der Waals surface area contributed by atoms with Gasteiger partial charge in [0.25, 0.3) is 5.91 Å². The van der Waals surface area contributed by atoms with Crippen LogP contribution in [-0.2, 0) is 32.2 Å². The molecule has 8 nitrogen and oxygen atoms in total. The van der Waals surface area contributed by atoms with E-state index in [1.807, 2.05) is 6.92 Å². The number of aromatic nitrogens is 2. The molecular formula is C17H21N3O5S. The van der Waals surface area contributed by atoms with E-state index in [4.69, 9.17) is 4.74 Å². The lowest BCUT2D eigenvalue weighted by atomic mass is 10.1. The van der Waals surface area contributed by atoms with Gasteiger partial charge in [0.1, 0.15) is 0 Å². The Hall–Kier alpha value is -2.68. The third-order valence-corrected chi connectivity index (χ3v) is 4.56. The smallest absolute Gasteiger partial charge is 0.338 e. The third kappa shape index (κ3) is 5.16. The average molecular weight is 379 g/mol. The van der Waals surface area contributed by atoms with Gasteiger partial charge in [0.2, 0.25) is 0 Å². The van der Waals surface area contributed by atoms with E-state index in [0.717, 1.165) is 11.9 Å². The number of sulfone groups is 1. The second kappa shape index (κ2) is 7.69. The summed E-state index contributed by atoms with van der Waals surface area (Å²) in [4.78, 5) is 24.1. The van der Waals surface area contributed by atoms with Crippen LogP contribution in [0.25, 0.3) is 0 Å². The Morgan fingerprint density at radius 3 is 2.54 bits per heavy atom. The number of carbonyl (C=O) groups is 2. The number of amides is 1. The number of hydrogen-bond acceptors (Lipinski definition) is 6. The molecule has 1 aromatic heterocycles. The predicted octanol–water partition coefficient (Wildman–Crippen LogP) is 1.38. The molecule has 0 unspecified atom stereocenters. The maximum atomic E-state index is 12.1. The first-order valence-electron chi connectivity index (χ1n) is 7.80. The molecule has 140 valence electrons. The fraction of sp³-hybridized carbons (Fsp3) is 0.353. The van der Waals surface area contributed by atoms with Crippen molar-refractivity contribution in [3.8, 4) is 0 Å². The molecule has 0 aliphatic carbocycles. The van der Waals surface area contributed by atoms with Crippen LogP contribution in [0.5, 0.6) is 0 Å². The molecule has 0 spiro atoms. The molecule has 1 N–H and O–H groups in total. The molecule has 0 saturated heterocycles. The molecule has 0 atom stereocenters. The molecule has 0 aliphatic rings. The normalized spacial score (nSPS) is 11.2. The lowest BCUT2D eigenvalue weighted by molar-refractivity contribution is -0.119. The van der Waals surface area contributed by atoms with Gasteiger partial charge in [-0.25, -0.2) is 13.2 Å². The molecule has 1 amide bonds. The van der Waals surface area contributed by atoms with Gasteiger partial charge in [-0.3, -0.25) is 9.48 Å². The van der Waals surface area contributed by atoms with E-state index >= 15 is 0 Å². The number of esters is 1. The van der Waals surface area contributed by atoms with E-state index in [0.29, 0.717) is 16.9 Å². The average Bonchev–Trinajstić information content (AvgIpc) is 2.77. The molecule has 0 aliphatic heterocycles. The van der Waals surface area contributed by atoms with Crippen LogP contribution in [0.15, 0.2) is 24.3 Å². The van der Waals surface area contributed by atoms with Gasteiger partial charge < -0.3 is 10.1 Å². The van der Waals surface area contributed by atoms with Crippen molar-refractivity contribution in [1.82, 2.24) is 9.78 Å². The van der Waals surface area contributed by atoms with E-state index in [1.165, 1.54) is 12.1 Å². The van der Waals surface area contributed by atoms with Crippen LogP contribution < -0.4 is 5.32 Å². The summed E-state index contributed by atoms with van der Waals surface area (Å²) in [6, 6.07) is 6.12. The first-order chi connectivity index (χ1) is 12.1. The number of ether oxygens (including phenoxy) is 1. The van der Waals surface area contributed by atoms with Crippen molar-refractivity contribution in [1.29, 1.82) is 0 Å². The first kappa shape index (κ1) is 19.6. The molecule has 2 rings (SSSR count). The van der Waals surface area contributed by atoms with Crippen molar-refractivity contribution < 1.29 is 22.7 Å². The zero-order valence-corrected chi connectivity index (χ0v) is 15.9. The highest BCUT2D eigenvalue weighted by Crippen LogP contribution is 2.18. The lowest BCUT2D eigenvalue weighted by Crippen LogP contribution is -2.21. The highest BCUT2D eigenvalue weighted by molar-refractivity contribution is 7.89. The maximum absolute atomic E-state index is 12.1. The van der Waals surface area contributed by atoms with E-state index < -0.39 is 28.3 Å². The number of aryl methyl sites for hydroxylation is 2. The molecule has 0 saturated carbocycles. The van der Waals surface area contributed by atoms with Crippen molar-refractivity contribution in [3.63, 3.8) is 0 Å². The zero-order chi connectivity index (χ0) is 19.5. The minimum absolute atomic E-state index is 0.172. The van der Waals surface area contributed by atoms with Gasteiger partial charge >= 0.3 is 5.97 Å². The van der Waals surface area contributed by atoms with Crippen molar-refractivity contribution in [3.05, 3.63) is 46.8 Å². The monoisotopic (exact) mass is 379 g/mol. The first-order valence-corrected chi connectivity index (χ1v) is 9.86. The van der Waals surface area contributed by atoms with Crippen LogP contribution in [0.4, 0.5) is 5.69 Å². The van der Waals surface area contributed by atoms with Crippen LogP contribution in [0.1, 0.15) is 27.3 Å². The fourth-order valence-electron chi connectivity index (χ4n) is 2.44. The van der Waals surface area contributed by atoms with Crippen LogP contribution in [-0.4, -0.2) is 42.9 Å². The molecule has 0 radical (unpaired) electrons. The fourth-order valence-corrected chi connectivity index (χ4v) is 3.22. The summed E-state index contributed by atoms with van der Waals surface area (Å²) in [7, 11) is -1.44. The summed E-state index contributed by atoms with van der Waals surface area (Å²) in [5, 5.41) is 6.86. The van der Waals surface area contributed by atoms with Crippen LogP contribution in [0.2, 0.25) is 0 Å². The standard InChI is InChI=1S/C17H21N3O5S/c1-11-16(12(2)20(3)19-11)18-15(21)9-25-17(22)14-7-5-6-13(8-14)10-26(4,23)24/h5-8H,9-10H2,1-4H3,(H,18,21). The quantitative estimate of drug-likeness (QED) is 0.760. The van der Waals surface area contributed by atoms with Crippen LogP contribution in [0, 0.1) is 13.8 Å². The van der Waals surface area contributed by atoms with Gasteiger partial charge in [-0.2, -0.15) is 5.10 Å². The molecule has 0 bridgehead atoms. The molecule has 1 heterocycles. The van der Waals surface area contributed by atoms with Gasteiger partial charge in [0.15, 0.2) is 16.4 Å². The van der Waals surface area contributed by atoms with E-state index in [1.54, 1.807) is 30.8 Å². The summed E-state index contributed by atoms with van der Waals surface area (Å²) in [6.45, 7) is 3.12. The second-order valence-corrected chi connectivity index (χ2v) is 8.20. The number of carbonyl (C=O) groups excluding carboxylic acids is 2. The van der Waals surface area contributed by atoms with Gasteiger partial charge in [-0.15, -0.1) is 0 Å². The number of rotatable bonds is 6. The maximum Gasteiger partial charge on any atom is 0.338 e. The van der Waals surface area contributed by atoms with E-state index in [9.17, 15) is 18.0 Å². The van der Waals surface area contributed by atoms with Gasteiger partial charge in [-0.05, 0) is 31.5 Å². The molecule has 1 aromatic carbocycles. The molecule has 9 heteroatoms. The Morgan fingerprint density at radius 2 is 1.96 bits per heavy atom. The minimum atomic E-state index is -3.21.